The summed E-state index contributed by atoms with van der Waals surface area (Å²) < 4.78 is 10.6. The number of carbonyl (C=O) groups is 1. The van der Waals surface area contributed by atoms with Gasteiger partial charge in [-0.05, 0) is 18.1 Å². The molecule has 0 aliphatic rings. The average molecular weight is 305 g/mol. The van der Waals surface area contributed by atoms with E-state index in [1.165, 1.54) is 0 Å². The van der Waals surface area contributed by atoms with Gasteiger partial charge in [0.05, 0.1) is 14.2 Å². The van der Waals surface area contributed by atoms with Gasteiger partial charge in [-0.2, -0.15) is 0 Å². The molecule has 1 unspecified atom stereocenters. The molecule has 0 radical (unpaired) electrons. The van der Waals surface area contributed by atoms with Crippen LogP contribution in [0.4, 0.5) is 0 Å². The first kappa shape index (κ1) is 15.4. The van der Waals surface area contributed by atoms with Crippen molar-refractivity contribution >= 4 is 17.4 Å². The van der Waals surface area contributed by atoms with Crippen LogP contribution in [0.25, 0.3) is 0 Å². The normalized spacial score (nSPS) is 11.8. The maximum absolute atomic E-state index is 12.3. The smallest absolute Gasteiger partial charge is 0.180 e. The van der Waals surface area contributed by atoms with Gasteiger partial charge in [-0.1, -0.05) is 42.5 Å². The zero-order valence-corrected chi connectivity index (χ0v) is 12.8. The van der Waals surface area contributed by atoms with Crippen molar-refractivity contribution in [1.29, 1.82) is 0 Å². The zero-order chi connectivity index (χ0) is 15.2. The molecule has 0 saturated heterocycles. The predicted molar refractivity (Wildman–Crippen MR) is 83.7 cm³/mol. The van der Waals surface area contributed by atoms with Crippen LogP contribution < -0.4 is 9.47 Å². The van der Waals surface area contributed by atoms with Crippen LogP contribution in [0.3, 0.4) is 0 Å². The van der Waals surface area contributed by atoms with Crippen molar-refractivity contribution in [2.75, 3.05) is 14.2 Å². The van der Waals surface area contributed by atoms with Crippen LogP contribution >= 0.6 is 11.6 Å². The monoisotopic (exact) mass is 304 g/mol. The van der Waals surface area contributed by atoms with Gasteiger partial charge in [0.2, 0.25) is 0 Å². The minimum atomic E-state index is -0.645. The van der Waals surface area contributed by atoms with Crippen LogP contribution in [-0.4, -0.2) is 25.4 Å². The van der Waals surface area contributed by atoms with E-state index in [0.29, 0.717) is 23.5 Å². The number of carbonyl (C=O) groups excluding carboxylic acids is 1. The summed E-state index contributed by atoms with van der Waals surface area (Å²) in [6.07, 6.45) is 0.385. The fourth-order valence-electron chi connectivity index (χ4n) is 2.18. The van der Waals surface area contributed by atoms with Gasteiger partial charge < -0.3 is 9.47 Å². The maximum Gasteiger partial charge on any atom is 0.180 e. The van der Waals surface area contributed by atoms with Gasteiger partial charge in [0.15, 0.2) is 17.3 Å². The number of hydrogen-bond donors (Lipinski definition) is 0. The van der Waals surface area contributed by atoms with Gasteiger partial charge in [-0.15, -0.1) is 11.6 Å². The highest BCUT2D eigenvalue weighted by molar-refractivity contribution is 6.34. The molecule has 2 rings (SSSR count). The van der Waals surface area contributed by atoms with Crippen LogP contribution in [0.15, 0.2) is 48.5 Å². The molecule has 0 N–H and O–H groups in total. The molecule has 1 atom stereocenters. The first-order valence-electron chi connectivity index (χ1n) is 6.60. The van der Waals surface area contributed by atoms with Crippen LogP contribution in [-0.2, 0) is 6.42 Å². The molecule has 4 heteroatoms. The third kappa shape index (κ3) is 3.56. The highest BCUT2D eigenvalue weighted by atomic mass is 35.5. The number of ketones is 1. The topological polar surface area (TPSA) is 35.5 Å². The highest BCUT2D eigenvalue weighted by Gasteiger charge is 2.20. The van der Waals surface area contributed by atoms with E-state index >= 15 is 0 Å². The molecule has 2 aromatic carbocycles. The van der Waals surface area contributed by atoms with Crippen molar-refractivity contribution < 1.29 is 14.3 Å². The standard InChI is InChI=1S/C17H17ClO3/c1-20-15-10-6-9-13(17(15)21-2)11-14(18)16(19)12-7-4-3-5-8-12/h3-10,14H,11H2,1-2H3. The lowest BCUT2D eigenvalue weighted by molar-refractivity contribution is 0.0986. The largest absolute Gasteiger partial charge is 0.493 e. The quantitative estimate of drug-likeness (QED) is 0.602. The van der Waals surface area contributed by atoms with Gasteiger partial charge in [0.1, 0.15) is 5.38 Å². The zero-order valence-electron chi connectivity index (χ0n) is 12.0. The number of hydrogen-bond acceptors (Lipinski definition) is 3. The molecule has 0 saturated carbocycles. The van der Waals surface area contributed by atoms with E-state index in [1.807, 2.05) is 36.4 Å². The molecule has 0 aromatic heterocycles. The minimum absolute atomic E-state index is 0.0952. The lowest BCUT2D eigenvalue weighted by Gasteiger charge is -2.14. The third-order valence-electron chi connectivity index (χ3n) is 3.23. The number of halogens is 1. The van der Waals surface area contributed by atoms with Gasteiger partial charge in [-0.25, -0.2) is 0 Å². The molecule has 0 fully saturated rings. The van der Waals surface area contributed by atoms with Gasteiger partial charge >= 0.3 is 0 Å². The summed E-state index contributed by atoms with van der Waals surface area (Å²) in [4.78, 5) is 12.3. The SMILES string of the molecule is COc1cccc(CC(Cl)C(=O)c2ccccc2)c1OC. The number of rotatable bonds is 6. The average Bonchev–Trinajstić information content (AvgIpc) is 2.54. The Kier molecular flexibility index (Phi) is 5.23. The lowest BCUT2D eigenvalue weighted by atomic mass is 10.0. The molecule has 0 spiro atoms. The fraction of sp³-hybridized carbons (Fsp3) is 0.235. The molecular formula is C17H17ClO3. The van der Waals surface area contributed by atoms with Crippen molar-refractivity contribution in [3.05, 3.63) is 59.7 Å². The molecule has 0 amide bonds. The van der Waals surface area contributed by atoms with E-state index in [0.717, 1.165) is 5.56 Å². The van der Waals surface area contributed by atoms with Crippen molar-refractivity contribution in [3.63, 3.8) is 0 Å². The molecule has 2 aromatic rings. The Hall–Kier alpha value is -2.00. The number of alkyl halides is 1. The van der Waals surface area contributed by atoms with E-state index < -0.39 is 5.38 Å². The first-order chi connectivity index (χ1) is 10.2. The van der Waals surface area contributed by atoms with Crippen molar-refractivity contribution in [3.8, 4) is 11.5 Å². The summed E-state index contributed by atoms with van der Waals surface area (Å²) in [7, 11) is 3.15. The number of benzene rings is 2. The molecule has 0 aliphatic heterocycles. The highest BCUT2D eigenvalue weighted by Crippen LogP contribution is 2.32. The number of Topliss-reactive ketones (excluding diaryl/α,β-unsaturated/α-hetero) is 1. The molecule has 110 valence electrons. The Morgan fingerprint density at radius 3 is 2.38 bits per heavy atom. The summed E-state index contributed by atoms with van der Waals surface area (Å²) in [5, 5.41) is -0.645. The minimum Gasteiger partial charge on any atom is -0.493 e. The Morgan fingerprint density at radius 2 is 1.76 bits per heavy atom. The van der Waals surface area contributed by atoms with Crippen LogP contribution in [0.5, 0.6) is 11.5 Å². The van der Waals surface area contributed by atoms with E-state index in [4.69, 9.17) is 21.1 Å². The Balaban J connectivity index is 2.20. The maximum atomic E-state index is 12.3. The number of ether oxygens (including phenoxy) is 2. The van der Waals surface area contributed by atoms with Crippen LogP contribution in [0, 0.1) is 0 Å². The van der Waals surface area contributed by atoms with E-state index in [9.17, 15) is 4.79 Å². The van der Waals surface area contributed by atoms with Crippen LogP contribution in [0.1, 0.15) is 15.9 Å². The summed E-state index contributed by atoms with van der Waals surface area (Å²) >= 11 is 6.28. The molecular weight excluding hydrogens is 288 g/mol. The third-order valence-corrected chi connectivity index (χ3v) is 3.58. The summed E-state index contributed by atoms with van der Waals surface area (Å²) in [5.74, 6) is 1.15. The Bertz CT molecular complexity index is 611. The van der Waals surface area contributed by atoms with Crippen LogP contribution in [0.2, 0.25) is 0 Å². The Morgan fingerprint density at radius 1 is 1.05 bits per heavy atom. The van der Waals surface area contributed by atoms with Crippen molar-refractivity contribution in [2.45, 2.75) is 11.8 Å². The second-order valence-electron chi connectivity index (χ2n) is 4.55. The molecule has 0 aliphatic carbocycles. The number of methoxy groups -OCH3 is 2. The van der Waals surface area contributed by atoms with Gasteiger partial charge in [-0.3, -0.25) is 4.79 Å². The van der Waals surface area contributed by atoms with Gasteiger partial charge in [0, 0.05) is 5.56 Å². The second kappa shape index (κ2) is 7.14. The fourth-order valence-corrected chi connectivity index (χ4v) is 2.48. The van der Waals surface area contributed by atoms with E-state index in [1.54, 1.807) is 26.4 Å². The van der Waals surface area contributed by atoms with Gasteiger partial charge in [0.25, 0.3) is 0 Å². The molecule has 0 bridgehead atoms. The Labute approximate surface area is 129 Å². The predicted octanol–water partition coefficient (Wildman–Crippen LogP) is 3.74. The molecule has 0 heterocycles. The van der Waals surface area contributed by atoms with E-state index in [-0.39, 0.29) is 5.78 Å². The summed E-state index contributed by atoms with van der Waals surface area (Å²) in [5.41, 5.74) is 1.46. The summed E-state index contributed by atoms with van der Waals surface area (Å²) in [6, 6.07) is 14.6. The number of para-hydroxylation sites is 1. The van der Waals surface area contributed by atoms with Crippen molar-refractivity contribution in [1.82, 2.24) is 0 Å². The summed E-state index contributed by atoms with van der Waals surface area (Å²) in [6.45, 7) is 0. The molecule has 21 heavy (non-hydrogen) atoms. The lowest BCUT2D eigenvalue weighted by Crippen LogP contribution is -2.17. The molecule has 3 nitrogen and oxygen atoms in total. The van der Waals surface area contributed by atoms with E-state index in [2.05, 4.69) is 0 Å². The van der Waals surface area contributed by atoms with Crippen molar-refractivity contribution in [2.24, 2.45) is 0 Å². The first-order valence-corrected chi connectivity index (χ1v) is 7.04. The second-order valence-corrected chi connectivity index (χ2v) is 5.08.